The Morgan fingerprint density at radius 3 is 2.52 bits per heavy atom. The first-order valence-corrected chi connectivity index (χ1v) is 7.05. The zero-order chi connectivity index (χ0) is 15.2. The lowest BCUT2D eigenvalue weighted by molar-refractivity contribution is 0.100. The van der Waals surface area contributed by atoms with Gasteiger partial charge in [-0.15, -0.1) is 0 Å². The van der Waals surface area contributed by atoms with Gasteiger partial charge >= 0.3 is 0 Å². The van der Waals surface area contributed by atoms with Gasteiger partial charge in [-0.25, -0.2) is 0 Å². The van der Waals surface area contributed by atoms with Crippen molar-refractivity contribution in [1.82, 2.24) is 5.32 Å². The largest absolute Gasteiger partial charge is 0.456 e. The molecule has 2 aromatic carbocycles. The highest BCUT2D eigenvalue weighted by atomic mass is 35.5. The van der Waals surface area contributed by atoms with Gasteiger partial charge in [-0.1, -0.05) is 24.6 Å². The third-order valence-corrected chi connectivity index (χ3v) is 3.24. The molecule has 0 fully saturated rings. The first-order valence-electron chi connectivity index (χ1n) is 6.67. The Hall–Kier alpha value is -2.04. The Morgan fingerprint density at radius 1 is 1.24 bits per heavy atom. The van der Waals surface area contributed by atoms with Gasteiger partial charge in [-0.3, -0.25) is 4.79 Å². The zero-order valence-corrected chi connectivity index (χ0v) is 12.5. The maximum Gasteiger partial charge on any atom is 0.248 e. The van der Waals surface area contributed by atoms with E-state index < -0.39 is 5.91 Å². The lowest BCUT2D eigenvalue weighted by Crippen LogP contribution is -2.11. The molecule has 5 heteroatoms. The predicted octanol–water partition coefficient (Wildman–Crippen LogP) is 3.34. The summed E-state index contributed by atoms with van der Waals surface area (Å²) in [6.45, 7) is 3.72. The number of benzene rings is 2. The van der Waals surface area contributed by atoms with Crippen LogP contribution in [-0.2, 0) is 6.54 Å². The second-order valence-electron chi connectivity index (χ2n) is 4.54. The summed E-state index contributed by atoms with van der Waals surface area (Å²) < 4.78 is 5.70. The van der Waals surface area contributed by atoms with Crippen LogP contribution in [0.2, 0.25) is 5.02 Å². The zero-order valence-electron chi connectivity index (χ0n) is 11.7. The minimum atomic E-state index is -0.465. The first-order chi connectivity index (χ1) is 10.1. The Bertz CT molecular complexity index is 627. The standard InChI is InChI=1S/C16H17ClN2O2/c1-2-19-10-11-3-8-15(14(17)9-11)21-13-6-4-12(5-7-13)16(18)20/h3-9,19H,2,10H2,1H3,(H2,18,20). The van der Waals surface area contributed by atoms with Crippen LogP contribution < -0.4 is 15.8 Å². The minimum absolute atomic E-state index is 0.439. The number of nitrogens with two attached hydrogens (primary N) is 1. The maximum atomic E-state index is 11.0. The summed E-state index contributed by atoms with van der Waals surface area (Å²) in [5.74, 6) is 0.706. The molecule has 2 rings (SSSR count). The molecule has 0 aliphatic heterocycles. The molecule has 2 aromatic rings. The van der Waals surface area contributed by atoms with Crippen molar-refractivity contribution >= 4 is 17.5 Å². The highest BCUT2D eigenvalue weighted by Gasteiger charge is 2.06. The van der Waals surface area contributed by atoms with Crippen molar-refractivity contribution in [3.8, 4) is 11.5 Å². The number of ether oxygens (including phenoxy) is 1. The van der Waals surface area contributed by atoms with E-state index in [0.29, 0.717) is 22.1 Å². The molecule has 21 heavy (non-hydrogen) atoms. The fourth-order valence-corrected chi connectivity index (χ4v) is 2.06. The van der Waals surface area contributed by atoms with E-state index in [0.717, 1.165) is 18.7 Å². The fourth-order valence-electron chi connectivity index (χ4n) is 1.82. The summed E-state index contributed by atoms with van der Waals surface area (Å²) in [5, 5.41) is 3.78. The number of rotatable bonds is 6. The molecule has 0 saturated heterocycles. The van der Waals surface area contributed by atoms with Gasteiger partial charge in [0.1, 0.15) is 11.5 Å². The molecule has 4 nitrogen and oxygen atoms in total. The Kier molecular flexibility index (Phi) is 5.20. The second kappa shape index (κ2) is 7.11. The van der Waals surface area contributed by atoms with E-state index in [4.69, 9.17) is 22.1 Å². The summed E-state index contributed by atoms with van der Waals surface area (Å²) in [6, 6.07) is 12.3. The maximum absolute atomic E-state index is 11.0. The van der Waals surface area contributed by atoms with Crippen LogP contribution in [0.4, 0.5) is 0 Å². The molecular formula is C16H17ClN2O2. The summed E-state index contributed by atoms with van der Waals surface area (Å²) in [6.07, 6.45) is 0. The Morgan fingerprint density at radius 2 is 1.95 bits per heavy atom. The molecule has 0 aliphatic rings. The molecule has 0 aliphatic carbocycles. The lowest BCUT2D eigenvalue weighted by atomic mass is 10.2. The highest BCUT2D eigenvalue weighted by Crippen LogP contribution is 2.30. The molecule has 0 spiro atoms. The van der Waals surface area contributed by atoms with Crippen LogP contribution in [0.25, 0.3) is 0 Å². The number of carbonyl (C=O) groups is 1. The van der Waals surface area contributed by atoms with Gasteiger partial charge in [0.05, 0.1) is 5.02 Å². The van der Waals surface area contributed by atoms with Gasteiger partial charge in [0.15, 0.2) is 0 Å². The summed E-state index contributed by atoms with van der Waals surface area (Å²) in [5.41, 5.74) is 6.73. The number of amides is 1. The molecule has 0 radical (unpaired) electrons. The number of hydrogen-bond acceptors (Lipinski definition) is 3. The molecule has 3 N–H and O–H groups in total. The SMILES string of the molecule is CCNCc1ccc(Oc2ccc(C(N)=O)cc2)c(Cl)c1. The van der Waals surface area contributed by atoms with Crippen LogP contribution in [0, 0.1) is 0 Å². The minimum Gasteiger partial charge on any atom is -0.456 e. The quantitative estimate of drug-likeness (QED) is 0.860. The van der Waals surface area contributed by atoms with Gasteiger partial charge in [0.2, 0.25) is 5.91 Å². The molecule has 110 valence electrons. The van der Waals surface area contributed by atoms with Crippen molar-refractivity contribution in [2.75, 3.05) is 6.54 Å². The van der Waals surface area contributed by atoms with Crippen molar-refractivity contribution in [3.63, 3.8) is 0 Å². The monoisotopic (exact) mass is 304 g/mol. The van der Waals surface area contributed by atoms with Crippen LogP contribution in [0.15, 0.2) is 42.5 Å². The third kappa shape index (κ3) is 4.21. The third-order valence-electron chi connectivity index (χ3n) is 2.94. The van der Waals surface area contributed by atoms with Gasteiger partial charge in [0, 0.05) is 12.1 Å². The highest BCUT2D eigenvalue weighted by molar-refractivity contribution is 6.32. The van der Waals surface area contributed by atoms with Crippen LogP contribution >= 0.6 is 11.6 Å². The van der Waals surface area contributed by atoms with Crippen molar-refractivity contribution in [3.05, 3.63) is 58.6 Å². The van der Waals surface area contributed by atoms with E-state index in [1.165, 1.54) is 0 Å². The molecule has 1 amide bonds. The molecule has 0 saturated carbocycles. The molecule has 0 bridgehead atoms. The van der Waals surface area contributed by atoms with Gasteiger partial charge < -0.3 is 15.8 Å². The predicted molar refractivity (Wildman–Crippen MR) is 83.9 cm³/mol. The number of halogens is 1. The van der Waals surface area contributed by atoms with E-state index in [1.807, 2.05) is 18.2 Å². The topological polar surface area (TPSA) is 64.3 Å². The van der Waals surface area contributed by atoms with Crippen LogP contribution in [0.3, 0.4) is 0 Å². The van der Waals surface area contributed by atoms with Gasteiger partial charge in [0.25, 0.3) is 0 Å². The van der Waals surface area contributed by atoms with E-state index >= 15 is 0 Å². The normalized spacial score (nSPS) is 10.4. The van der Waals surface area contributed by atoms with Crippen LogP contribution in [0.1, 0.15) is 22.8 Å². The number of nitrogens with one attached hydrogen (secondary N) is 1. The summed E-state index contributed by atoms with van der Waals surface area (Å²) in [4.78, 5) is 11.0. The molecule has 0 aromatic heterocycles. The van der Waals surface area contributed by atoms with E-state index in [9.17, 15) is 4.79 Å². The second-order valence-corrected chi connectivity index (χ2v) is 4.94. The average molecular weight is 305 g/mol. The van der Waals surface area contributed by atoms with Crippen molar-refractivity contribution < 1.29 is 9.53 Å². The first kappa shape index (κ1) is 15.4. The van der Waals surface area contributed by atoms with Crippen molar-refractivity contribution in [2.24, 2.45) is 5.73 Å². The fraction of sp³-hybridized carbons (Fsp3) is 0.188. The molecule has 0 heterocycles. The van der Waals surface area contributed by atoms with E-state index in [1.54, 1.807) is 24.3 Å². The Balaban J connectivity index is 2.10. The smallest absolute Gasteiger partial charge is 0.248 e. The lowest BCUT2D eigenvalue weighted by Gasteiger charge is -2.10. The number of hydrogen-bond donors (Lipinski definition) is 2. The van der Waals surface area contributed by atoms with Gasteiger partial charge in [-0.05, 0) is 48.5 Å². The van der Waals surface area contributed by atoms with Crippen LogP contribution in [0.5, 0.6) is 11.5 Å². The van der Waals surface area contributed by atoms with Crippen molar-refractivity contribution in [2.45, 2.75) is 13.5 Å². The Labute approximate surface area is 128 Å². The molecule has 0 atom stereocenters. The number of primary amides is 1. The van der Waals surface area contributed by atoms with E-state index in [-0.39, 0.29) is 0 Å². The van der Waals surface area contributed by atoms with Crippen molar-refractivity contribution in [1.29, 1.82) is 0 Å². The van der Waals surface area contributed by atoms with Crippen LogP contribution in [-0.4, -0.2) is 12.5 Å². The molecular weight excluding hydrogens is 288 g/mol. The average Bonchev–Trinajstić information content (AvgIpc) is 2.48. The summed E-state index contributed by atoms with van der Waals surface area (Å²) >= 11 is 6.21. The summed E-state index contributed by atoms with van der Waals surface area (Å²) in [7, 11) is 0. The number of carbonyl (C=O) groups excluding carboxylic acids is 1. The van der Waals surface area contributed by atoms with E-state index in [2.05, 4.69) is 12.2 Å². The molecule has 0 unspecified atom stereocenters. The van der Waals surface area contributed by atoms with Gasteiger partial charge in [-0.2, -0.15) is 0 Å².